The van der Waals surface area contributed by atoms with E-state index in [2.05, 4.69) is 16.0 Å². The second-order valence-corrected chi connectivity index (χ2v) is 7.43. The number of rotatable bonds is 15. The topological polar surface area (TPSA) is 220 Å². The van der Waals surface area contributed by atoms with E-state index in [-0.39, 0.29) is 5.92 Å². The summed E-state index contributed by atoms with van der Waals surface area (Å²) in [5.74, 6) is -4.16. The molecule has 30 heavy (non-hydrogen) atoms. The maximum Gasteiger partial charge on any atom is 0.326 e. The lowest BCUT2D eigenvalue weighted by Crippen LogP contribution is -2.54. The molecule has 0 fully saturated rings. The average molecular weight is 431 g/mol. The number of unbranched alkanes of at least 4 members (excludes halogenated alkanes) is 1. The van der Waals surface area contributed by atoms with Crippen LogP contribution in [0, 0.1) is 5.92 Å². The zero-order chi connectivity index (χ0) is 23.3. The molecule has 0 spiro atoms. The number of carboxylic acids is 1. The highest BCUT2D eigenvalue weighted by atomic mass is 16.4. The van der Waals surface area contributed by atoms with Gasteiger partial charge in [-0.15, -0.1) is 0 Å². The molecule has 172 valence electrons. The molecule has 0 aliphatic rings. The number of primary amides is 1. The van der Waals surface area contributed by atoms with Gasteiger partial charge in [0.05, 0.1) is 19.0 Å². The Morgan fingerprint density at radius 2 is 1.60 bits per heavy atom. The molecule has 0 rings (SSSR count). The number of carbonyl (C=O) groups excluding carboxylic acids is 4. The molecule has 0 aromatic carbocycles. The Balaban J connectivity index is 4.79. The van der Waals surface area contributed by atoms with E-state index in [1.807, 2.05) is 13.8 Å². The van der Waals surface area contributed by atoms with Crippen LogP contribution >= 0.6 is 0 Å². The first-order valence-electron chi connectivity index (χ1n) is 9.82. The van der Waals surface area contributed by atoms with E-state index in [4.69, 9.17) is 22.3 Å². The molecule has 12 nitrogen and oxygen atoms in total. The van der Waals surface area contributed by atoms with Gasteiger partial charge in [-0.25, -0.2) is 4.79 Å². The van der Waals surface area contributed by atoms with Crippen LogP contribution in [-0.2, 0) is 24.0 Å². The molecule has 0 heterocycles. The summed E-state index contributed by atoms with van der Waals surface area (Å²) in [7, 11) is 0. The van der Waals surface area contributed by atoms with Crippen molar-refractivity contribution in [3.8, 4) is 0 Å². The van der Waals surface area contributed by atoms with E-state index in [0.717, 1.165) is 6.42 Å². The minimum Gasteiger partial charge on any atom is -0.480 e. The molecule has 0 saturated carbocycles. The van der Waals surface area contributed by atoms with Crippen LogP contribution < -0.4 is 33.2 Å². The molecule has 0 aromatic heterocycles. The predicted octanol–water partition coefficient (Wildman–Crippen LogP) is -2.47. The van der Waals surface area contributed by atoms with Crippen LogP contribution in [0.25, 0.3) is 0 Å². The van der Waals surface area contributed by atoms with Crippen LogP contribution in [-0.4, -0.2) is 65.9 Å². The summed E-state index contributed by atoms with van der Waals surface area (Å²) < 4.78 is 0. The first-order chi connectivity index (χ1) is 14.0. The Hall–Kier alpha value is -2.73. The van der Waals surface area contributed by atoms with E-state index in [0.29, 0.717) is 25.8 Å². The van der Waals surface area contributed by atoms with Gasteiger partial charge in [-0.05, 0) is 31.7 Å². The highest BCUT2D eigenvalue weighted by Crippen LogP contribution is 2.06. The first kappa shape index (κ1) is 27.3. The Morgan fingerprint density at radius 3 is 2.10 bits per heavy atom. The maximum absolute atomic E-state index is 12.4. The monoisotopic (exact) mass is 430 g/mol. The summed E-state index contributed by atoms with van der Waals surface area (Å²) in [5.41, 5.74) is 16.2. The number of carboxylic acid groups (broad SMARTS) is 1. The Morgan fingerprint density at radius 1 is 0.967 bits per heavy atom. The van der Waals surface area contributed by atoms with Gasteiger partial charge in [-0.1, -0.05) is 20.3 Å². The van der Waals surface area contributed by atoms with Crippen LogP contribution in [0.15, 0.2) is 0 Å². The van der Waals surface area contributed by atoms with Gasteiger partial charge < -0.3 is 38.3 Å². The SMILES string of the molecule is CC(C)CC(NC(=O)C(N)CCCCN)C(=O)NCC(=O)NC(CC(N)=O)C(=O)O. The first-order valence-corrected chi connectivity index (χ1v) is 9.82. The van der Waals surface area contributed by atoms with Gasteiger partial charge in [0.2, 0.25) is 23.6 Å². The second-order valence-electron chi connectivity index (χ2n) is 7.43. The Bertz CT molecular complexity index is 612. The normalized spacial score (nSPS) is 13.8. The van der Waals surface area contributed by atoms with E-state index in [9.17, 15) is 24.0 Å². The number of aliphatic carboxylic acids is 1. The van der Waals surface area contributed by atoms with Crippen molar-refractivity contribution in [2.75, 3.05) is 13.1 Å². The summed E-state index contributed by atoms with van der Waals surface area (Å²) in [5, 5.41) is 16.0. The third-order valence-electron chi connectivity index (χ3n) is 4.11. The summed E-state index contributed by atoms with van der Waals surface area (Å²) in [6.45, 7) is 3.69. The summed E-state index contributed by atoms with van der Waals surface area (Å²) in [4.78, 5) is 58.5. The predicted molar refractivity (Wildman–Crippen MR) is 109 cm³/mol. The lowest BCUT2D eigenvalue weighted by molar-refractivity contribution is -0.143. The molecule has 3 atom stereocenters. The number of carbonyl (C=O) groups is 5. The fraction of sp³-hybridized carbons (Fsp3) is 0.722. The lowest BCUT2D eigenvalue weighted by Gasteiger charge is -2.22. The van der Waals surface area contributed by atoms with Gasteiger partial charge >= 0.3 is 5.97 Å². The summed E-state index contributed by atoms with van der Waals surface area (Å²) in [6, 6.07) is -3.19. The smallest absolute Gasteiger partial charge is 0.326 e. The molecule has 0 radical (unpaired) electrons. The molecule has 12 heteroatoms. The van der Waals surface area contributed by atoms with Crippen molar-refractivity contribution in [3.05, 3.63) is 0 Å². The van der Waals surface area contributed by atoms with Crippen molar-refractivity contribution >= 4 is 29.6 Å². The number of nitrogens with two attached hydrogens (primary N) is 3. The van der Waals surface area contributed by atoms with E-state index < -0.39 is 60.7 Å². The summed E-state index contributed by atoms with van der Waals surface area (Å²) >= 11 is 0. The molecule has 10 N–H and O–H groups in total. The van der Waals surface area contributed by atoms with Gasteiger partial charge in [0, 0.05) is 0 Å². The number of hydrogen-bond acceptors (Lipinski definition) is 7. The van der Waals surface area contributed by atoms with E-state index in [1.165, 1.54) is 0 Å². The van der Waals surface area contributed by atoms with Gasteiger partial charge in [-0.3, -0.25) is 19.2 Å². The standard InChI is InChI=1S/C18H34N6O6/c1-10(2)7-12(24-16(27)11(20)5-3-4-6-19)17(28)22-9-15(26)23-13(18(29)30)8-14(21)25/h10-13H,3-9,19-20H2,1-2H3,(H2,21,25)(H,22,28)(H,23,26)(H,24,27)(H,29,30). The zero-order valence-corrected chi connectivity index (χ0v) is 17.5. The fourth-order valence-electron chi connectivity index (χ4n) is 2.56. The van der Waals surface area contributed by atoms with Crippen molar-refractivity contribution < 1.29 is 29.1 Å². The number of amides is 4. The molecule has 0 aliphatic carbocycles. The van der Waals surface area contributed by atoms with Gasteiger partial charge in [0.15, 0.2) is 0 Å². The van der Waals surface area contributed by atoms with Crippen molar-refractivity contribution in [1.82, 2.24) is 16.0 Å². The third-order valence-corrected chi connectivity index (χ3v) is 4.11. The van der Waals surface area contributed by atoms with Gasteiger partial charge in [0.1, 0.15) is 12.1 Å². The van der Waals surface area contributed by atoms with Crippen molar-refractivity contribution in [2.45, 2.75) is 64.1 Å². The highest BCUT2D eigenvalue weighted by Gasteiger charge is 2.26. The quantitative estimate of drug-likeness (QED) is 0.138. The second kappa shape index (κ2) is 14.3. The van der Waals surface area contributed by atoms with Crippen LogP contribution in [0.4, 0.5) is 0 Å². The molecule has 0 bridgehead atoms. The van der Waals surface area contributed by atoms with Crippen LogP contribution in [0.1, 0.15) is 46.0 Å². The molecular formula is C18H34N6O6. The van der Waals surface area contributed by atoms with Crippen LogP contribution in [0.5, 0.6) is 0 Å². The lowest BCUT2D eigenvalue weighted by atomic mass is 10.0. The Labute approximate surface area is 175 Å². The molecule has 3 unspecified atom stereocenters. The fourth-order valence-corrected chi connectivity index (χ4v) is 2.56. The van der Waals surface area contributed by atoms with Crippen molar-refractivity contribution in [3.63, 3.8) is 0 Å². The maximum atomic E-state index is 12.4. The van der Waals surface area contributed by atoms with Crippen LogP contribution in [0.2, 0.25) is 0 Å². The van der Waals surface area contributed by atoms with Crippen molar-refractivity contribution in [2.24, 2.45) is 23.1 Å². The average Bonchev–Trinajstić information content (AvgIpc) is 2.64. The molecule has 0 aromatic rings. The highest BCUT2D eigenvalue weighted by molar-refractivity contribution is 5.93. The Kier molecular flexibility index (Phi) is 13.0. The largest absolute Gasteiger partial charge is 0.480 e. The van der Waals surface area contributed by atoms with Gasteiger partial charge in [0.25, 0.3) is 0 Å². The number of hydrogen-bond donors (Lipinski definition) is 7. The minimum absolute atomic E-state index is 0.0651. The minimum atomic E-state index is -1.50. The molecule has 4 amide bonds. The van der Waals surface area contributed by atoms with E-state index in [1.54, 1.807) is 0 Å². The molecule has 0 aliphatic heterocycles. The van der Waals surface area contributed by atoms with Crippen LogP contribution in [0.3, 0.4) is 0 Å². The number of nitrogens with one attached hydrogen (secondary N) is 3. The zero-order valence-electron chi connectivity index (χ0n) is 17.5. The van der Waals surface area contributed by atoms with Gasteiger partial charge in [-0.2, -0.15) is 0 Å². The third kappa shape index (κ3) is 12.0. The van der Waals surface area contributed by atoms with E-state index >= 15 is 0 Å². The molecule has 0 saturated heterocycles. The molecular weight excluding hydrogens is 396 g/mol. The summed E-state index contributed by atoms with van der Waals surface area (Å²) in [6.07, 6.45) is 1.58. The van der Waals surface area contributed by atoms with Crippen molar-refractivity contribution in [1.29, 1.82) is 0 Å².